The predicted molar refractivity (Wildman–Crippen MR) is 232 cm³/mol. The smallest absolute Gasteiger partial charge is 0.160 e. The lowest BCUT2D eigenvalue weighted by Gasteiger charge is -2.16. The summed E-state index contributed by atoms with van der Waals surface area (Å²) >= 11 is 0. The zero-order valence-electron chi connectivity index (χ0n) is 30.0. The van der Waals surface area contributed by atoms with E-state index in [0.29, 0.717) is 0 Å². The van der Waals surface area contributed by atoms with Gasteiger partial charge in [-0.15, -0.1) is 0 Å². The van der Waals surface area contributed by atoms with Crippen LogP contribution in [-0.4, -0.2) is 18.5 Å². The van der Waals surface area contributed by atoms with Gasteiger partial charge in [0.05, 0.1) is 33.1 Å². The summed E-state index contributed by atoms with van der Waals surface area (Å²) in [5.74, 6) is 0. The molecule has 13 aromatic rings. The molecule has 0 aliphatic rings. The number of imidazole rings is 1. The number of rotatable bonds is 3. The molecule has 13 rings (SSSR count). The van der Waals surface area contributed by atoms with Crippen molar-refractivity contribution in [2.24, 2.45) is 0 Å². The normalized spacial score (nSPS) is 12.3. The molecule has 0 unspecified atom stereocenters. The van der Waals surface area contributed by atoms with Crippen LogP contribution in [0.1, 0.15) is 0 Å². The molecule has 5 aromatic heterocycles. The summed E-state index contributed by atoms with van der Waals surface area (Å²) in [6.07, 6.45) is 0. The number of para-hydroxylation sites is 6. The Morgan fingerprint density at radius 1 is 0.375 bits per heavy atom. The van der Waals surface area contributed by atoms with Gasteiger partial charge in [0.25, 0.3) is 0 Å². The van der Waals surface area contributed by atoms with Crippen molar-refractivity contribution in [1.82, 2.24) is 18.5 Å². The fourth-order valence-corrected chi connectivity index (χ4v) is 9.40. The predicted octanol–water partition coefficient (Wildman–Crippen LogP) is 13.4. The quantitative estimate of drug-likeness (QED) is 0.183. The zero-order chi connectivity index (χ0) is 36.5. The van der Waals surface area contributed by atoms with Crippen LogP contribution in [0.5, 0.6) is 0 Å². The maximum atomic E-state index is 6.78. The van der Waals surface area contributed by atoms with Crippen molar-refractivity contribution in [3.8, 4) is 22.5 Å². The second-order valence-corrected chi connectivity index (χ2v) is 14.8. The van der Waals surface area contributed by atoms with Crippen molar-refractivity contribution >= 4 is 93.1 Å². The van der Waals surface area contributed by atoms with Gasteiger partial charge in [-0.3, -0.25) is 4.40 Å². The van der Waals surface area contributed by atoms with E-state index in [4.69, 9.17) is 9.40 Å². The highest BCUT2D eigenvalue weighted by molar-refractivity contribution is 6.19. The summed E-state index contributed by atoms with van der Waals surface area (Å²) < 4.78 is 13.9. The molecule has 0 atom stereocenters. The molecule has 0 saturated carbocycles. The first-order valence-corrected chi connectivity index (χ1v) is 19.1. The molecule has 5 heterocycles. The molecule has 0 aliphatic carbocycles. The molecule has 8 aromatic carbocycles. The number of pyridine rings is 1. The molecule has 0 saturated heterocycles. The van der Waals surface area contributed by atoms with E-state index in [1.807, 2.05) is 0 Å². The molecule has 56 heavy (non-hydrogen) atoms. The van der Waals surface area contributed by atoms with Crippen LogP contribution >= 0.6 is 0 Å². The van der Waals surface area contributed by atoms with Crippen molar-refractivity contribution in [3.05, 3.63) is 182 Å². The number of nitrogens with zero attached hydrogens (tertiary/aromatic N) is 4. The highest BCUT2D eigenvalue weighted by atomic mass is 16.3. The molecular formula is C51H30N4O. The fraction of sp³-hybridized carbons (Fsp3) is 0. The zero-order valence-corrected chi connectivity index (χ0v) is 30.0. The molecule has 0 fully saturated rings. The molecule has 5 nitrogen and oxygen atoms in total. The topological polar surface area (TPSA) is 40.3 Å². The van der Waals surface area contributed by atoms with Gasteiger partial charge in [-0.1, -0.05) is 115 Å². The van der Waals surface area contributed by atoms with E-state index in [-0.39, 0.29) is 0 Å². The van der Waals surface area contributed by atoms with E-state index in [1.54, 1.807) is 0 Å². The number of furan rings is 1. The van der Waals surface area contributed by atoms with E-state index >= 15 is 0 Å². The molecule has 0 amide bonds. The first kappa shape index (κ1) is 29.8. The summed E-state index contributed by atoms with van der Waals surface area (Å²) in [5.41, 5.74) is 14.8. The van der Waals surface area contributed by atoms with Gasteiger partial charge in [-0.05, 0) is 77.9 Å². The van der Waals surface area contributed by atoms with Gasteiger partial charge in [0.2, 0.25) is 0 Å². The maximum Gasteiger partial charge on any atom is 0.160 e. The van der Waals surface area contributed by atoms with Crippen LogP contribution in [0.4, 0.5) is 0 Å². The molecule has 0 bridgehead atoms. The Morgan fingerprint density at radius 3 is 1.43 bits per heavy atom. The maximum absolute atomic E-state index is 6.78. The average molecular weight is 715 g/mol. The largest absolute Gasteiger partial charge is 0.454 e. The molecular weight excluding hydrogens is 685 g/mol. The van der Waals surface area contributed by atoms with Crippen molar-refractivity contribution < 1.29 is 4.42 Å². The Hall–Kier alpha value is -7.63. The number of benzene rings is 8. The highest BCUT2D eigenvalue weighted by Crippen LogP contribution is 2.42. The average Bonchev–Trinajstić information content (AvgIpc) is 4.01. The summed E-state index contributed by atoms with van der Waals surface area (Å²) in [6.45, 7) is 0. The van der Waals surface area contributed by atoms with E-state index < -0.39 is 0 Å². The van der Waals surface area contributed by atoms with E-state index in [2.05, 4.69) is 196 Å². The summed E-state index contributed by atoms with van der Waals surface area (Å²) in [7, 11) is 0. The molecule has 0 aliphatic heterocycles. The number of aromatic nitrogens is 4. The van der Waals surface area contributed by atoms with E-state index in [0.717, 1.165) is 72.0 Å². The Balaban J connectivity index is 1.15. The SMILES string of the molecule is c1ccc2c(c1)nc1c3ccccc3c3oc4ccc(-c5cc(-n6c7ccccc7c7ccccc76)cc(-n6c7ccccc7c7ccccc76)c5)cc4c3n21. The molecule has 260 valence electrons. The minimum Gasteiger partial charge on any atom is -0.454 e. The van der Waals surface area contributed by atoms with Crippen LogP contribution in [0.2, 0.25) is 0 Å². The van der Waals surface area contributed by atoms with Crippen LogP contribution in [0, 0.1) is 0 Å². The van der Waals surface area contributed by atoms with Crippen LogP contribution in [0.25, 0.3) is 116 Å². The second-order valence-electron chi connectivity index (χ2n) is 14.8. The van der Waals surface area contributed by atoms with Crippen LogP contribution in [0.3, 0.4) is 0 Å². The van der Waals surface area contributed by atoms with Crippen LogP contribution < -0.4 is 0 Å². The van der Waals surface area contributed by atoms with Gasteiger partial charge in [0.1, 0.15) is 16.7 Å². The summed E-state index contributed by atoms with van der Waals surface area (Å²) in [5, 5.41) is 8.14. The van der Waals surface area contributed by atoms with Crippen LogP contribution in [-0.2, 0) is 0 Å². The Bertz CT molecular complexity index is 3540. The minimum absolute atomic E-state index is 0.848. The Labute approximate surface area is 319 Å². The third kappa shape index (κ3) is 3.95. The first-order chi connectivity index (χ1) is 27.8. The summed E-state index contributed by atoms with van der Waals surface area (Å²) in [6, 6.07) is 65.4. The van der Waals surface area contributed by atoms with Gasteiger partial charge in [0, 0.05) is 49.1 Å². The van der Waals surface area contributed by atoms with Crippen LogP contribution in [0.15, 0.2) is 186 Å². The highest BCUT2D eigenvalue weighted by Gasteiger charge is 2.21. The molecule has 0 radical (unpaired) electrons. The lowest BCUT2D eigenvalue weighted by molar-refractivity contribution is 0.672. The van der Waals surface area contributed by atoms with Crippen molar-refractivity contribution in [2.75, 3.05) is 0 Å². The first-order valence-electron chi connectivity index (χ1n) is 19.1. The number of hydrogen-bond donors (Lipinski definition) is 0. The van der Waals surface area contributed by atoms with Gasteiger partial charge in [0.15, 0.2) is 5.58 Å². The minimum atomic E-state index is 0.848. The monoisotopic (exact) mass is 714 g/mol. The van der Waals surface area contributed by atoms with Gasteiger partial charge < -0.3 is 13.6 Å². The van der Waals surface area contributed by atoms with Crippen molar-refractivity contribution in [1.29, 1.82) is 0 Å². The van der Waals surface area contributed by atoms with Gasteiger partial charge in [-0.2, -0.15) is 0 Å². The standard InChI is InChI=1S/C51H30N4O/c1-2-18-40-39(17-1)50-49(55-47-24-12-7-19-42(47)52-51(40)55)41-29-31(25-26-48(41)56-50)32-27-33(53-43-20-8-3-13-35(43)36-14-4-9-21-44(36)53)30-34(28-32)54-45-22-10-5-15-37(45)38-16-6-11-23-46(38)54/h1-30H. The third-order valence-corrected chi connectivity index (χ3v) is 11.8. The van der Waals surface area contributed by atoms with E-state index in [1.165, 1.54) is 43.6 Å². The van der Waals surface area contributed by atoms with Crippen molar-refractivity contribution in [3.63, 3.8) is 0 Å². The van der Waals surface area contributed by atoms with E-state index in [9.17, 15) is 0 Å². The van der Waals surface area contributed by atoms with Crippen molar-refractivity contribution in [2.45, 2.75) is 0 Å². The third-order valence-electron chi connectivity index (χ3n) is 11.8. The molecule has 0 spiro atoms. The fourth-order valence-electron chi connectivity index (χ4n) is 9.40. The van der Waals surface area contributed by atoms with Gasteiger partial charge in [-0.25, -0.2) is 4.98 Å². The Kier molecular flexibility index (Phi) is 5.83. The Morgan fingerprint density at radius 2 is 0.857 bits per heavy atom. The van der Waals surface area contributed by atoms with Gasteiger partial charge >= 0.3 is 0 Å². The number of hydrogen-bond acceptors (Lipinski definition) is 2. The lowest BCUT2D eigenvalue weighted by atomic mass is 10.0. The summed E-state index contributed by atoms with van der Waals surface area (Å²) in [4.78, 5) is 5.16. The molecule has 5 heteroatoms. The number of fused-ring (bicyclic) bond motifs is 16. The molecule has 0 N–H and O–H groups in total. The lowest BCUT2D eigenvalue weighted by Crippen LogP contribution is -2.00. The second kappa shape index (κ2) is 11.0.